The van der Waals surface area contributed by atoms with Crippen molar-refractivity contribution in [3.8, 4) is 9.75 Å². The van der Waals surface area contributed by atoms with Crippen LogP contribution in [-0.4, -0.2) is 127 Å². The van der Waals surface area contributed by atoms with Crippen LogP contribution in [0.5, 0.6) is 0 Å². The number of amides is 6. The number of imidazole rings is 1. The van der Waals surface area contributed by atoms with E-state index < -0.39 is 80.3 Å². The molecule has 0 aromatic carbocycles. The number of aryl methyl sites for hydroxylation is 1. The molecule has 0 aliphatic carbocycles. The molecular formula is C40H58N9O12PS2. The summed E-state index contributed by atoms with van der Waals surface area (Å²) in [4.78, 5) is 112. The number of unbranched alkanes of at least 4 members (excludes halogenated alkanes) is 2. The van der Waals surface area contributed by atoms with Crippen LogP contribution in [-0.2, 0) is 55.7 Å². The molecule has 6 amide bonds. The largest absolute Gasteiger partial charge is 0.469 e. The molecule has 0 radical (unpaired) electrons. The van der Waals surface area contributed by atoms with Gasteiger partial charge in [-0.3, -0.25) is 33.3 Å². The highest BCUT2D eigenvalue weighted by molar-refractivity contribution is 7.46. The van der Waals surface area contributed by atoms with Crippen LogP contribution in [0.1, 0.15) is 76.8 Å². The van der Waals surface area contributed by atoms with Crippen molar-refractivity contribution in [2.45, 2.75) is 115 Å². The maximum absolute atomic E-state index is 14.0. The van der Waals surface area contributed by atoms with Gasteiger partial charge in [0, 0.05) is 53.0 Å². The van der Waals surface area contributed by atoms with Crippen molar-refractivity contribution < 1.29 is 57.6 Å². The second-order valence-electron chi connectivity index (χ2n) is 15.6. The number of carbonyl (C=O) groups excluding carboxylic acids is 6. The molecule has 3 aromatic rings. The lowest BCUT2D eigenvalue weighted by Gasteiger charge is -2.28. The number of phosphoric acid groups is 1. The maximum Gasteiger partial charge on any atom is 0.469 e. The number of likely N-dealkylation sites (tertiary alicyclic amines) is 1. The minimum Gasteiger partial charge on any atom is -0.396 e. The zero-order valence-corrected chi connectivity index (χ0v) is 38.6. The topological polar surface area (TPSA) is 306 Å². The predicted octanol–water partition coefficient (Wildman–Crippen LogP) is 1.41. The van der Waals surface area contributed by atoms with E-state index in [1.165, 1.54) is 22.9 Å². The summed E-state index contributed by atoms with van der Waals surface area (Å²) in [6.07, 6.45) is 6.32. The second kappa shape index (κ2) is 24.9. The van der Waals surface area contributed by atoms with Gasteiger partial charge in [-0.25, -0.2) is 9.55 Å². The SMILES string of the molecule is CC(=O)N1CCC[C@H]1C(=O)N[C@@H](CC(C)C)C(=O)N[C@@H](Cc1cncn1CCCCCO/N=C/c1ccc(-c2cccs2)s1)C(=O)N[C@@H](CO)C(=O)N[C@H](C(N)=O)[C@@H](C)OP(=O)(O)O. The zero-order valence-electron chi connectivity index (χ0n) is 36.1. The number of aliphatic hydroxyl groups excluding tert-OH is 1. The first-order valence-electron chi connectivity index (χ1n) is 20.8. The number of nitrogens with zero attached hydrogens (tertiary/aromatic N) is 4. The predicted molar refractivity (Wildman–Crippen MR) is 237 cm³/mol. The molecule has 1 saturated heterocycles. The van der Waals surface area contributed by atoms with Gasteiger partial charge in [-0.05, 0) is 74.9 Å². The Morgan fingerprint density at radius 2 is 1.70 bits per heavy atom. The van der Waals surface area contributed by atoms with Gasteiger partial charge in [-0.2, -0.15) is 0 Å². The van der Waals surface area contributed by atoms with Gasteiger partial charge in [0.25, 0.3) is 0 Å². The smallest absolute Gasteiger partial charge is 0.396 e. The highest BCUT2D eigenvalue weighted by Crippen LogP contribution is 2.38. The van der Waals surface area contributed by atoms with Crippen LogP contribution >= 0.6 is 30.5 Å². The summed E-state index contributed by atoms with van der Waals surface area (Å²) in [6.45, 7) is 6.38. The first kappa shape index (κ1) is 51.6. The lowest BCUT2D eigenvalue weighted by atomic mass is 10.0. The van der Waals surface area contributed by atoms with Crippen molar-refractivity contribution in [1.82, 2.24) is 35.7 Å². The molecule has 352 valence electrons. The number of aliphatic hydroxyl groups is 1. The van der Waals surface area contributed by atoms with Crippen LogP contribution in [0.3, 0.4) is 0 Å². The average Bonchev–Trinajstić information content (AvgIpc) is 4.07. The third kappa shape index (κ3) is 16.2. The van der Waals surface area contributed by atoms with Gasteiger partial charge in [0.2, 0.25) is 35.4 Å². The Bertz CT molecular complexity index is 2110. The number of phosphoric ester groups is 1. The van der Waals surface area contributed by atoms with E-state index in [0.29, 0.717) is 51.1 Å². The molecular weight excluding hydrogens is 894 g/mol. The van der Waals surface area contributed by atoms with Gasteiger partial charge in [0.15, 0.2) is 0 Å². The number of aromatic nitrogens is 2. The fourth-order valence-electron chi connectivity index (χ4n) is 6.96. The van der Waals surface area contributed by atoms with Gasteiger partial charge >= 0.3 is 7.82 Å². The number of carbonyl (C=O) groups is 6. The van der Waals surface area contributed by atoms with E-state index in [4.69, 9.17) is 10.6 Å². The summed E-state index contributed by atoms with van der Waals surface area (Å²) in [5.41, 5.74) is 5.87. The summed E-state index contributed by atoms with van der Waals surface area (Å²) in [5, 5.41) is 26.2. The van der Waals surface area contributed by atoms with Crippen LogP contribution < -0.4 is 27.0 Å². The molecule has 9 N–H and O–H groups in total. The van der Waals surface area contributed by atoms with Crippen molar-refractivity contribution in [3.63, 3.8) is 0 Å². The van der Waals surface area contributed by atoms with Crippen molar-refractivity contribution >= 4 is 72.2 Å². The van der Waals surface area contributed by atoms with Gasteiger partial charge in [0.1, 0.15) is 36.8 Å². The Morgan fingerprint density at radius 3 is 2.36 bits per heavy atom. The number of hydrogen-bond donors (Lipinski definition) is 8. The van der Waals surface area contributed by atoms with Crippen molar-refractivity contribution in [1.29, 1.82) is 0 Å². The minimum absolute atomic E-state index is 0.0992. The Labute approximate surface area is 378 Å². The molecule has 0 unspecified atom stereocenters. The lowest BCUT2D eigenvalue weighted by Crippen LogP contribution is -2.61. The monoisotopic (exact) mass is 951 g/mol. The number of rotatable bonds is 26. The van der Waals surface area contributed by atoms with E-state index in [2.05, 4.69) is 42.0 Å². The summed E-state index contributed by atoms with van der Waals surface area (Å²) in [5.74, 6) is -4.95. The molecule has 64 heavy (non-hydrogen) atoms. The Balaban J connectivity index is 1.44. The van der Waals surface area contributed by atoms with Crippen molar-refractivity contribution in [3.05, 3.63) is 52.7 Å². The fraction of sp³-hybridized carbons (Fsp3) is 0.550. The van der Waals surface area contributed by atoms with E-state index in [0.717, 1.165) is 23.1 Å². The third-order valence-electron chi connectivity index (χ3n) is 10.1. The Morgan fingerprint density at radius 1 is 0.984 bits per heavy atom. The quantitative estimate of drug-likeness (QED) is 0.0245. The highest BCUT2D eigenvalue weighted by Gasteiger charge is 2.37. The molecule has 4 rings (SSSR count). The van der Waals surface area contributed by atoms with Crippen LogP contribution in [0.15, 0.2) is 47.3 Å². The standard InChI is InChI=1S/C40H58N9O12PS2/c1-24(2)18-29(45-40(56)32-10-8-15-49(32)26(4)51)37(53)44-30(38(54)46-31(22-50)39(55)47-35(36(41)52)25(3)61-62(57,58)59)19-27-20-42-23-48(27)14-6-5-7-16-60-43-21-28-12-13-34(64-28)33-11-9-17-63-33/h9,11-13,17,20-21,23-25,29-32,35,50H,5-8,10,14-16,18-19,22H2,1-4H3,(H2,41,52)(H,44,53)(H,45,56)(H,46,54)(H,47,55)(H2,57,58,59)/b43-21+/t25-,29+,30+,31+,32+,35+/m1/s1. The Hall–Kier alpha value is -5.03. The molecule has 1 aliphatic rings. The van der Waals surface area contributed by atoms with E-state index >= 15 is 0 Å². The Kier molecular flexibility index (Phi) is 20.1. The fourth-order valence-corrected chi connectivity index (χ4v) is 9.22. The molecule has 0 bridgehead atoms. The summed E-state index contributed by atoms with van der Waals surface area (Å²) >= 11 is 3.29. The number of nitrogens with one attached hydrogen (secondary N) is 4. The van der Waals surface area contributed by atoms with Crippen molar-refractivity contribution in [2.24, 2.45) is 16.8 Å². The molecule has 24 heteroatoms. The molecule has 1 aliphatic heterocycles. The van der Waals surface area contributed by atoms with Gasteiger partial charge in [-0.15, -0.1) is 22.7 Å². The molecule has 1 fully saturated rings. The van der Waals surface area contributed by atoms with E-state index in [9.17, 15) is 48.2 Å². The number of oxime groups is 1. The van der Waals surface area contributed by atoms with Crippen LogP contribution in [0, 0.1) is 5.92 Å². The molecule has 4 heterocycles. The zero-order chi connectivity index (χ0) is 47.0. The molecule has 6 atom stereocenters. The normalized spacial score (nSPS) is 16.5. The van der Waals surface area contributed by atoms with Gasteiger partial charge in [-0.1, -0.05) is 25.1 Å². The van der Waals surface area contributed by atoms with Crippen LogP contribution in [0.2, 0.25) is 0 Å². The van der Waals surface area contributed by atoms with Crippen molar-refractivity contribution in [2.75, 3.05) is 19.8 Å². The number of hydrogen-bond acceptors (Lipinski definition) is 14. The average molecular weight is 952 g/mol. The second-order valence-corrected chi connectivity index (χ2v) is 18.9. The first-order chi connectivity index (χ1) is 30.4. The lowest BCUT2D eigenvalue weighted by molar-refractivity contribution is -0.139. The number of thiophene rings is 2. The highest BCUT2D eigenvalue weighted by atomic mass is 32.1. The van der Waals surface area contributed by atoms with E-state index in [1.807, 2.05) is 37.4 Å². The minimum atomic E-state index is -5.12. The summed E-state index contributed by atoms with van der Waals surface area (Å²) < 4.78 is 17.7. The summed E-state index contributed by atoms with van der Waals surface area (Å²) in [7, 11) is -5.12. The third-order valence-corrected chi connectivity index (χ3v) is 12.8. The van der Waals surface area contributed by atoms with E-state index in [-0.39, 0.29) is 24.7 Å². The maximum atomic E-state index is 14.0. The molecule has 0 saturated carbocycles. The van der Waals surface area contributed by atoms with E-state index in [1.54, 1.807) is 39.8 Å². The summed E-state index contributed by atoms with van der Waals surface area (Å²) in [6, 6.07) is 1.25. The number of primary amides is 1. The van der Waals surface area contributed by atoms with Crippen LogP contribution in [0.25, 0.3) is 9.75 Å². The first-order valence-corrected chi connectivity index (χ1v) is 24.0. The van der Waals surface area contributed by atoms with Gasteiger partial charge in [0.05, 0.1) is 25.3 Å². The van der Waals surface area contributed by atoms with Gasteiger partial charge < -0.3 is 56.2 Å². The molecule has 3 aromatic heterocycles. The molecule has 21 nitrogen and oxygen atoms in total. The molecule has 0 spiro atoms. The number of nitrogens with two attached hydrogens (primary N) is 1. The van der Waals surface area contributed by atoms with Crippen LogP contribution in [0.4, 0.5) is 0 Å².